The molecule has 2 saturated heterocycles. The molecule has 142 valence electrons. The fraction of sp³-hybridized carbons (Fsp3) is 0.579. The van der Waals surface area contributed by atoms with E-state index >= 15 is 0 Å². The molecule has 2 fully saturated rings. The Kier molecular flexibility index (Phi) is 6.53. The van der Waals surface area contributed by atoms with Gasteiger partial charge < -0.3 is 14.7 Å². The van der Waals surface area contributed by atoms with E-state index in [-0.39, 0.29) is 19.1 Å². The van der Waals surface area contributed by atoms with Crippen LogP contribution in [-0.4, -0.2) is 60.2 Å². The minimum absolute atomic E-state index is 0.0954. The highest BCUT2D eigenvalue weighted by molar-refractivity contribution is 8.16. The number of carbonyl (C=O) groups excluding carboxylic acids is 1. The first-order chi connectivity index (χ1) is 12.6. The number of piperidine rings is 1. The lowest BCUT2D eigenvalue weighted by Crippen LogP contribution is -2.52. The molecule has 0 aliphatic carbocycles. The van der Waals surface area contributed by atoms with E-state index < -0.39 is 11.4 Å². The van der Waals surface area contributed by atoms with E-state index in [1.807, 2.05) is 47.8 Å². The summed E-state index contributed by atoms with van der Waals surface area (Å²) >= 11 is 3.91. The number of carboxylic acids is 1. The minimum Gasteiger partial charge on any atom is -0.481 e. The number of benzene rings is 1. The molecular weight excluding hydrogens is 370 g/mol. The second kappa shape index (κ2) is 8.67. The van der Waals surface area contributed by atoms with Crippen LogP contribution >= 0.6 is 23.5 Å². The molecule has 0 saturated carbocycles. The van der Waals surface area contributed by atoms with E-state index in [2.05, 4.69) is 0 Å². The summed E-state index contributed by atoms with van der Waals surface area (Å²) in [5.41, 5.74) is 0.866. The second-order valence-corrected chi connectivity index (χ2v) is 9.62. The van der Waals surface area contributed by atoms with Gasteiger partial charge in [0.05, 0.1) is 11.2 Å². The zero-order valence-electron chi connectivity index (χ0n) is 15.0. The summed E-state index contributed by atoms with van der Waals surface area (Å²) in [6.45, 7) is 0.917. The summed E-state index contributed by atoms with van der Waals surface area (Å²) in [5, 5.41) is 9.65. The number of thioether (sulfide) groups is 2. The number of hydrogen-bond acceptors (Lipinski definition) is 5. The summed E-state index contributed by atoms with van der Waals surface area (Å²) in [4.78, 5) is 26.3. The van der Waals surface area contributed by atoms with Crippen molar-refractivity contribution in [3.63, 3.8) is 0 Å². The van der Waals surface area contributed by atoms with Crippen molar-refractivity contribution in [1.29, 1.82) is 0 Å². The van der Waals surface area contributed by atoms with Gasteiger partial charge in [0.1, 0.15) is 5.41 Å². The molecule has 0 aromatic heterocycles. The Morgan fingerprint density at radius 3 is 2.54 bits per heavy atom. The van der Waals surface area contributed by atoms with Crippen molar-refractivity contribution in [2.24, 2.45) is 5.41 Å². The van der Waals surface area contributed by atoms with Crippen LogP contribution in [0.4, 0.5) is 0 Å². The molecule has 2 aliphatic heterocycles. The van der Waals surface area contributed by atoms with Crippen LogP contribution in [0.3, 0.4) is 0 Å². The zero-order chi connectivity index (χ0) is 18.6. The van der Waals surface area contributed by atoms with E-state index in [0.29, 0.717) is 29.5 Å². The van der Waals surface area contributed by atoms with Gasteiger partial charge in [-0.3, -0.25) is 9.59 Å². The van der Waals surface area contributed by atoms with E-state index in [1.54, 1.807) is 4.90 Å². The molecule has 3 rings (SSSR count). The third-order valence-electron chi connectivity index (χ3n) is 5.00. The summed E-state index contributed by atoms with van der Waals surface area (Å²) < 4.78 is 5.59. The predicted molar refractivity (Wildman–Crippen MR) is 106 cm³/mol. The maximum absolute atomic E-state index is 12.9. The Hall–Kier alpha value is -1.18. The van der Waals surface area contributed by atoms with Gasteiger partial charge in [0.15, 0.2) is 0 Å². The molecule has 7 heteroatoms. The number of carboxylic acid groups (broad SMARTS) is 1. The lowest BCUT2D eigenvalue weighted by Gasteiger charge is -2.39. The number of nitrogens with zero attached hydrogens (tertiary/aromatic N) is 1. The molecule has 2 heterocycles. The van der Waals surface area contributed by atoms with Crippen molar-refractivity contribution in [1.82, 2.24) is 4.90 Å². The number of hydrogen-bond donors (Lipinski definition) is 1. The Morgan fingerprint density at radius 2 is 1.92 bits per heavy atom. The predicted octanol–water partition coefficient (Wildman–Crippen LogP) is 3.51. The number of carbonyl (C=O) groups is 2. The van der Waals surface area contributed by atoms with Crippen molar-refractivity contribution >= 4 is 35.4 Å². The molecule has 1 atom stereocenters. The summed E-state index contributed by atoms with van der Waals surface area (Å²) in [6.07, 6.45) is 2.47. The lowest BCUT2D eigenvalue weighted by atomic mass is 9.80. The lowest BCUT2D eigenvalue weighted by molar-refractivity contribution is -0.155. The van der Waals surface area contributed by atoms with Gasteiger partial charge in [-0.15, -0.1) is 23.5 Å². The van der Waals surface area contributed by atoms with Gasteiger partial charge in [0.2, 0.25) is 0 Å². The number of aliphatic carboxylic acids is 1. The SMILES string of the molecule is COCC1(C(=O)O)CCCN(C(=O)c2ccc(C3SCCCS3)cc2)C1. The van der Waals surface area contributed by atoms with Gasteiger partial charge in [0.25, 0.3) is 5.91 Å². The van der Waals surface area contributed by atoms with Crippen molar-refractivity contribution in [2.45, 2.75) is 23.8 Å². The van der Waals surface area contributed by atoms with Crippen LogP contribution in [0.15, 0.2) is 24.3 Å². The molecule has 0 bridgehead atoms. The molecule has 0 spiro atoms. The monoisotopic (exact) mass is 395 g/mol. The van der Waals surface area contributed by atoms with Gasteiger partial charge in [-0.25, -0.2) is 0 Å². The second-order valence-electron chi connectivity index (χ2n) is 6.90. The van der Waals surface area contributed by atoms with Crippen molar-refractivity contribution in [3.05, 3.63) is 35.4 Å². The molecule has 2 aliphatic rings. The Morgan fingerprint density at radius 1 is 1.23 bits per heavy atom. The fourth-order valence-electron chi connectivity index (χ4n) is 3.58. The normalized spacial score (nSPS) is 24.4. The Bertz CT molecular complexity index is 641. The summed E-state index contributed by atoms with van der Waals surface area (Å²) in [7, 11) is 1.51. The van der Waals surface area contributed by atoms with E-state index in [9.17, 15) is 14.7 Å². The first-order valence-electron chi connectivity index (χ1n) is 8.90. The molecule has 0 radical (unpaired) electrons. The van der Waals surface area contributed by atoms with Crippen LogP contribution in [-0.2, 0) is 9.53 Å². The maximum Gasteiger partial charge on any atom is 0.313 e. The number of likely N-dealkylation sites (tertiary alicyclic amines) is 1. The molecule has 1 N–H and O–H groups in total. The largest absolute Gasteiger partial charge is 0.481 e. The number of methoxy groups -OCH3 is 1. The first-order valence-corrected chi connectivity index (χ1v) is 11.0. The maximum atomic E-state index is 12.9. The topological polar surface area (TPSA) is 66.8 Å². The molecule has 26 heavy (non-hydrogen) atoms. The summed E-state index contributed by atoms with van der Waals surface area (Å²) in [6, 6.07) is 7.82. The average molecular weight is 396 g/mol. The first kappa shape index (κ1) is 19.6. The van der Waals surface area contributed by atoms with Gasteiger partial charge in [-0.2, -0.15) is 0 Å². The standard InChI is InChI=1S/C19H25NO4S2/c1-24-13-19(18(22)23)8-2-9-20(12-19)16(21)14-4-6-15(7-5-14)17-25-10-3-11-26-17/h4-7,17H,2-3,8-13H2,1H3,(H,22,23). The van der Waals surface area contributed by atoms with Gasteiger partial charge in [-0.05, 0) is 48.5 Å². The van der Waals surface area contributed by atoms with Crippen LogP contribution in [0.2, 0.25) is 0 Å². The number of amides is 1. The Labute approximate surface area is 162 Å². The van der Waals surface area contributed by atoms with Crippen LogP contribution in [0.1, 0.15) is 39.8 Å². The van der Waals surface area contributed by atoms with Crippen LogP contribution < -0.4 is 0 Å². The van der Waals surface area contributed by atoms with E-state index in [4.69, 9.17) is 4.74 Å². The van der Waals surface area contributed by atoms with Crippen molar-refractivity contribution in [2.75, 3.05) is 38.3 Å². The van der Waals surface area contributed by atoms with Gasteiger partial charge in [0, 0.05) is 25.8 Å². The highest BCUT2D eigenvalue weighted by atomic mass is 32.2. The third kappa shape index (κ3) is 4.21. The highest BCUT2D eigenvalue weighted by Crippen LogP contribution is 2.43. The number of rotatable bonds is 5. The smallest absolute Gasteiger partial charge is 0.313 e. The average Bonchev–Trinajstić information content (AvgIpc) is 2.68. The van der Waals surface area contributed by atoms with E-state index in [0.717, 1.165) is 0 Å². The van der Waals surface area contributed by atoms with Gasteiger partial charge in [-0.1, -0.05) is 12.1 Å². The van der Waals surface area contributed by atoms with Gasteiger partial charge >= 0.3 is 5.97 Å². The quantitative estimate of drug-likeness (QED) is 0.823. The van der Waals surface area contributed by atoms with Crippen molar-refractivity contribution < 1.29 is 19.4 Å². The van der Waals surface area contributed by atoms with Crippen LogP contribution in [0.25, 0.3) is 0 Å². The molecule has 1 amide bonds. The molecule has 1 aromatic carbocycles. The van der Waals surface area contributed by atoms with Crippen LogP contribution in [0.5, 0.6) is 0 Å². The molecule has 5 nitrogen and oxygen atoms in total. The number of ether oxygens (including phenoxy) is 1. The van der Waals surface area contributed by atoms with Crippen LogP contribution in [0, 0.1) is 5.41 Å². The molecule has 1 aromatic rings. The molecular formula is C19H25NO4S2. The van der Waals surface area contributed by atoms with E-state index in [1.165, 1.54) is 30.6 Å². The third-order valence-corrected chi connectivity index (χ3v) is 8.01. The van der Waals surface area contributed by atoms with Crippen molar-refractivity contribution in [3.8, 4) is 0 Å². The zero-order valence-corrected chi connectivity index (χ0v) is 16.6. The molecule has 1 unspecified atom stereocenters. The summed E-state index contributed by atoms with van der Waals surface area (Å²) in [5.74, 6) is 1.38. The fourth-order valence-corrected chi connectivity index (χ4v) is 6.48. The highest BCUT2D eigenvalue weighted by Gasteiger charge is 2.44. The Balaban J connectivity index is 1.71. The minimum atomic E-state index is -1.00.